The van der Waals surface area contributed by atoms with E-state index < -0.39 is 0 Å². The van der Waals surface area contributed by atoms with Crippen molar-refractivity contribution in [3.05, 3.63) is 30.1 Å². The van der Waals surface area contributed by atoms with E-state index in [2.05, 4.69) is 15.2 Å². The molecule has 0 spiro atoms. The number of carbonyl (C=O) groups excluding carboxylic acids is 1. The third-order valence-electron chi connectivity index (χ3n) is 3.96. The molecule has 1 fully saturated rings. The summed E-state index contributed by atoms with van der Waals surface area (Å²) in [6.45, 7) is 7.09. The Morgan fingerprint density at radius 1 is 1.36 bits per heavy atom. The van der Waals surface area contributed by atoms with Crippen molar-refractivity contribution >= 4 is 6.03 Å². The summed E-state index contributed by atoms with van der Waals surface area (Å²) in [5.74, 6) is 0. The Morgan fingerprint density at radius 2 is 2.23 bits per heavy atom. The van der Waals surface area contributed by atoms with E-state index >= 15 is 0 Å². The van der Waals surface area contributed by atoms with Gasteiger partial charge in [0, 0.05) is 39.5 Å². The number of amides is 2. The number of methoxy groups -OCH3 is 1. The predicted octanol–water partition coefficient (Wildman–Crippen LogP) is 1.51. The second-order valence-electron chi connectivity index (χ2n) is 5.60. The minimum absolute atomic E-state index is 0.00764. The van der Waals surface area contributed by atoms with Crippen LogP contribution in [0.3, 0.4) is 0 Å². The van der Waals surface area contributed by atoms with Gasteiger partial charge in [-0.15, -0.1) is 0 Å². The quantitative estimate of drug-likeness (QED) is 0.896. The fourth-order valence-electron chi connectivity index (χ4n) is 2.60. The van der Waals surface area contributed by atoms with Gasteiger partial charge >= 0.3 is 6.03 Å². The van der Waals surface area contributed by atoms with Crippen LogP contribution in [-0.2, 0) is 4.74 Å². The Morgan fingerprint density at radius 3 is 2.95 bits per heavy atom. The van der Waals surface area contributed by atoms with E-state index in [9.17, 15) is 4.79 Å². The second-order valence-corrected chi connectivity index (χ2v) is 5.60. The maximum absolute atomic E-state index is 12.4. The monoisotopic (exact) mass is 306 g/mol. The van der Waals surface area contributed by atoms with Gasteiger partial charge < -0.3 is 15.0 Å². The van der Waals surface area contributed by atoms with Gasteiger partial charge in [-0.1, -0.05) is 6.07 Å². The lowest BCUT2D eigenvalue weighted by molar-refractivity contribution is 0.149. The molecule has 2 rings (SSSR count). The number of hydrogen-bond acceptors (Lipinski definition) is 4. The minimum Gasteiger partial charge on any atom is -0.383 e. The first kappa shape index (κ1) is 16.7. The van der Waals surface area contributed by atoms with Crippen LogP contribution in [0, 0.1) is 0 Å². The van der Waals surface area contributed by atoms with Crippen LogP contribution in [0.5, 0.6) is 0 Å². The maximum Gasteiger partial charge on any atom is 0.317 e. The first-order valence-electron chi connectivity index (χ1n) is 7.88. The summed E-state index contributed by atoms with van der Waals surface area (Å²) in [6, 6.07) is 5.65. The van der Waals surface area contributed by atoms with E-state index in [1.54, 1.807) is 13.3 Å². The summed E-state index contributed by atoms with van der Waals surface area (Å²) in [6.07, 6.45) is 2.74. The molecule has 1 aliphatic rings. The lowest BCUT2D eigenvalue weighted by atomic mass is 10.2. The van der Waals surface area contributed by atoms with Crippen LogP contribution in [-0.4, -0.2) is 67.3 Å². The van der Waals surface area contributed by atoms with Gasteiger partial charge in [-0.3, -0.25) is 9.88 Å². The Hall–Kier alpha value is -1.66. The van der Waals surface area contributed by atoms with Crippen molar-refractivity contribution in [2.75, 3.05) is 46.4 Å². The van der Waals surface area contributed by atoms with Crippen molar-refractivity contribution in [2.24, 2.45) is 0 Å². The minimum atomic E-state index is -0.0819. The Labute approximate surface area is 132 Å². The molecule has 6 nitrogen and oxygen atoms in total. The average molecular weight is 306 g/mol. The van der Waals surface area contributed by atoms with Crippen molar-refractivity contribution in [1.82, 2.24) is 20.1 Å². The van der Waals surface area contributed by atoms with E-state index in [-0.39, 0.29) is 12.1 Å². The average Bonchev–Trinajstić information content (AvgIpc) is 2.79. The molecule has 1 aromatic heterocycles. The Balaban J connectivity index is 1.82. The Kier molecular flexibility index (Phi) is 6.61. The summed E-state index contributed by atoms with van der Waals surface area (Å²) in [5.41, 5.74) is 0.882. The Bertz CT molecular complexity index is 455. The number of pyridine rings is 1. The molecule has 1 N–H and O–H groups in total. The molecule has 6 heteroatoms. The summed E-state index contributed by atoms with van der Waals surface area (Å²) in [7, 11) is 1.72. The fourth-order valence-corrected chi connectivity index (χ4v) is 2.60. The highest BCUT2D eigenvalue weighted by Crippen LogP contribution is 2.10. The highest BCUT2D eigenvalue weighted by molar-refractivity contribution is 5.74. The standard InChI is InChI=1S/C16H26N4O2/c1-14(15-6-3-4-7-17-15)18-16(21)20-9-5-8-19(10-11-20)12-13-22-2/h3-4,6-7,14H,5,8-13H2,1-2H3,(H,18,21)/t14-/m0/s1. The highest BCUT2D eigenvalue weighted by atomic mass is 16.5. The molecule has 2 amide bonds. The van der Waals surface area contributed by atoms with Crippen molar-refractivity contribution in [2.45, 2.75) is 19.4 Å². The number of nitrogens with one attached hydrogen (secondary N) is 1. The first-order valence-corrected chi connectivity index (χ1v) is 7.88. The molecule has 0 aromatic carbocycles. The molecular formula is C16H26N4O2. The zero-order valence-corrected chi connectivity index (χ0v) is 13.5. The SMILES string of the molecule is COCCN1CCCN(C(=O)N[C@@H](C)c2ccccn2)CC1. The van der Waals surface area contributed by atoms with E-state index in [4.69, 9.17) is 4.74 Å². The van der Waals surface area contributed by atoms with Crippen molar-refractivity contribution < 1.29 is 9.53 Å². The van der Waals surface area contributed by atoms with Crippen molar-refractivity contribution in [3.63, 3.8) is 0 Å². The summed E-state index contributed by atoms with van der Waals surface area (Å²) in [4.78, 5) is 20.9. The van der Waals surface area contributed by atoms with Gasteiger partial charge in [-0.2, -0.15) is 0 Å². The van der Waals surface area contributed by atoms with E-state index in [1.807, 2.05) is 30.0 Å². The number of carbonyl (C=O) groups is 1. The van der Waals surface area contributed by atoms with E-state index in [0.717, 1.165) is 51.4 Å². The number of rotatable bonds is 5. The molecule has 0 saturated carbocycles. The van der Waals surface area contributed by atoms with Crippen molar-refractivity contribution in [1.29, 1.82) is 0 Å². The van der Waals surface area contributed by atoms with Gasteiger partial charge in [0.2, 0.25) is 0 Å². The molecule has 0 radical (unpaired) electrons. The lowest BCUT2D eigenvalue weighted by Gasteiger charge is -2.24. The topological polar surface area (TPSA) is 57.7 Å². The lowest BCUT2D eigenvalue weighted by Crippen LogP contribution is -2.43. The third kappa shape index (κ3) is 4.96. The third-order valence-corrected chi connectivity index (χ3v) is 3.96. The van der Waals surface area contributed by atoms with Crippen LogP contribution < -0.4 is 5.32 Å². The molecule has 0 unspecified atom stereocenters. The van der Waals surface area contributed by atoms with Gasteiger partial charge in [-0.25, -0.2) is 4.79 Å². The zero-order valence-electron chi connectivity index (χ0n) is 13.5. The highest BCUT2D eigenvalue weighted by Gasteiger charge is 2.20. The number of ether oxygens (including phenoxy) is 1. The van der Waals surface area contributed by atoms with E-state index in [1.165, 1.54) is 0 Å². The fraction of sp³-hybridized carbons (Fsp3) is 0.625. The van der Waals surface area contributed by atoms with Gasteiger partial charge in [-0.05, 0) is 32.0 Å². The number of nitrogens with zero attached hydrogens (tertiary/aromatic N) is 3. The van der Waals surface area contributed by atoms with E-state index in [0.29, 0.717) is 0 Å². The van der Waals surface area contributed by atoms with Gasteiger partial charge in [0.1, 0.15) is 0 Å². The molecule has 1 atom stereocenters. The van der Waals surface area contributed by atoms with Crippen LogP contribution >= 0.6 is 0 Å². The van der Waals surface area contributed by atoms with Crippen LogP contribution in [0.4, 0.5) is 4.79 Å². The summed E-state index contributed by atoms with van der Waals surface area (Å²) >= 11 is 0. The van der Waals surface area contributed by atoms with Gasteiger partial charge in [0.15, 0.2) is 0 Å². The molecule has 1 saturated heterocycles. The van der Waals surface area contributed by atoms with Crippen LogP contribution in [0.1, 0.15) is 25.1 Å². The molecule has 122 valence electrons. The largest absolute Gasteiger partial charge is 0.383 e. The second kappa shape index (κ2) is 8.70. The molecule has 0 aliphatic carbocycles. The molecule has 0 bridgehead atoms. The summed E-state index contributed by atoms with van der Waals surface area (Å²) in [5, 5.41) is 3.03. The van der Waals surface area contributed by atoms with Gasteiger partial charge in [0.25, 0.3) is 0 Å². The first-order chi connectivity index (χ1) is 10.7. The molecule has 22 heavy (non-hydrogen) atoms. The van der Waals surface area contributed by atoms with Crippen molar-refractivity contribution in [3.8, 4) is 0 Å². The van der Waals surface area contributed by atoms with Crippen LogP contribution in [0.2, 0.25) is 0 Å². The summed E-state index contributed by atoms with van der Waals surface area (Å²) < 4.78 is 5.12. The number of aromatic nitrogens is 1. The number of urea groups is 1. The molecule has 1 aromatic rings. The molecule has 1 aliphatic heterocycles. The zero-order chi connectivity index (χ0) is 15.8. The maximum atomic E-state index is 12.4. The van der Waals surface area contributed by atoms with Crippen LogP contribution in [0.25, 0.3) is 0 Å². The normalized spacial score (nSPS) is 17.8. The molecular weight excluding hydrogens is 280 g/mol. The van der Waals surface area contributed by atoms with Crippen LogP contribution in [0.15, 0.2) is 24.4 Å². The smallest absolute Gasteiger partial charge is 0.317 e. The molecule has 2 heterocycles. The van der Waals surface area contributed by atoms with Gasteiger partial charge in [0.05, 0.1) is 18.3 Å². The number of hydrogen-bond donors (Lipinski definition) is 1. The predicted molar refractivity (Wildman–Crippen MR) is 85.7 cm³/mol.